The van der Waals surface area contributed by atoms with E-state index >= 15 is 0 Å². The summed E-state index contributed by atoms with van der Waals surface area (Å²) in [4.78, 5) is 23.0. The maximum Gasteiger partial charge on any atom is 0.269 e. The number of carbonyl (C=O) groups excluding carboxylic acids is 1. The summed E-state index contributed by atoms with van der Waals surface area (Å²) in [5, 5.41) is 14.7. The normalized spacial score (nSPS) is 11.3. The number of amides is 1. The number of rotatable bonds is 10. The lowest BCUT2D eigenvalue weighted by Crippen LogP contribution is -2.39. The number of para-hydroxylation sites is 1. The third kappa shape index (κ3) is 6.05. The van der Waals surface area contributed by atoms with Gasteiger partial charge in [0.2, 0.25) is 0 Å². The molecular weight excluding hydrogens is 512 g/mol. The molecule has 0 bridgehead atoms. The van der Waals surface area contributed by atoms with Gasteiger partial charge >= 0.3 is 0 Å². The van der Waals surface area contributed by atoms with Gasteiger partial charge in [-0.15, -0.1) is 0 Å². The zero-order chi connectivity index (χ0) is 27.1. The number of carbonyl (C=O) groups is 1. The second-order valence-corrected chi connectivity index (χ2v) is 9.68. The zero-order valence-electron chi connectivity index (χ0n) is 20.1. The smallest absolute Gasteiger partial charge is 0.269 e. The molecule has 0 aliphatic carbocycles. The van der Waals surface area contributed by atoms with Crippen LogP contribution in [0.1, 0.15) is 5.76 Å². The highest BCUT2D eigenvalue weighted by Crippen LogP contribution is 2.25. The number of nitrogens with zero attached hydrogens (tertiary/aromatic N) is 3. The van der Waals surface area contributed by atoms with E-state index in [-0.39, 0.29) is 10.6 Å². The van der Waals surface area contributed by atoms with Crippen molar-refractivity contribution in [2.75, 3.05) is 18.0 Å². The molecule has 1 heterocycles. The van der Waals surface area contributed by atoms with Gasteiger partial charge in [0.1, 0.15) is 23.8 Å². The molecule has 1 amide bonds. The summed E-state index contributed by atoms with van der Waals surface area (Å²) in [6, 6.07) is 23.2. The average Bonchev–Trinajstić information content (AvgIpc) is 3.41. The SMILES string of the molecule is COc1ccc(S(=O)(=O)N(CC(=O)N/N=C\c2ccc(-c3ccc([N+](=O)[O-])cc3)o2)c2ccccc2)cc1. The second-order valence-electron chi connectivity index (χ2n) is 7.82. The van der Waals surface area contributed by atoms with Gasteiger partial charge in [0, 0.05) is 17.7 Å². The molecule has 1 N–H and O–H groups in total. The Labute approximate surface area is 218 Å². The molecule has 0 atom stereocenters. The number of anilines is 1. The molecule has 4 aromatic rings. The van der Waals surface area contributed by atoms with Crippen LogP contribution in [0.15, 0.2) is 105 Å². The van der Waals surface area contributed by atoms with E-state index in [1.165, 1.54) is 49.7 Å². The summed E-state index contributed by atoms with van der Waals surface area (Å²) in [6.45, 7) is -0.526. The van der Waals surface area contributed by atoms with Crippen LogP contribution in [-0.4, -0.2) is 39.1 Å². The molecule has 0 aliphatic rings. The summed E-state index contributed by atoms with van der Waals surface area (Å²) in [7, 11) is -2.61. The van der Waals surface area contributed by atoms with Crippen LogP contribution >= 0.6 is 0 Å². The van der Waals surface area contributed by atoms with E-state index in [1.807, 2.05) is 0 Å². The fraction of sp³-hybridized carbons (Fsp3) is 0.0769. The minimum absolute atomic E-state index is 0.00665. The van der Waals surface area contributed by atoms with Gasteiger partial charge in [-0.3, -0.25) is 19.2 Å². The van der Waals surface area contributed by atoms with Crippen LogP contribution in [0.3, 0.4) is 0 Å². The van der Waals surface area contributed by atoms with Gasteiger partial charge in [0.25, 0.3) is 21.6 Å². The van der Waals surface area contributed by atoms with Crippen LogP contribution in [-0.2, 0) is 14.8 Å². The molecular formula is C26H22N4O7S. The Kier molecular flexibility index (Phi) is 7.83. The number of hydrogen-bond donors (Lipinski definition) is 1. The maximum atomic E-state index is 13.4. The van der Waals surface area contributed by atoms with Crippen molar-refractivity contribution >= 4 is 33.5 Å². The highest BCUT2D eigenvalue weighted by atomic mass is 32.2. The fourth-order valence-corrected chi connectivity index (χ4v) is 4.86. The Morgan fingerprint density at radius 3 is 2.34 bits per heavy atom. The van der Waals surface area contributed by atoms with Gasteiger partial charge in [-0.05, 0) is 60.7 Å². The summed E-state index contributed by atoms with van der Waals surface area (Å²) >= 11 is 0. The number of nitro groups is 1. The number of hydrogen-bond acceptors (Lipinski definition) is 8. The van der Waals surface area contributed by atoms with Gasteiger partial charge in [-0.1, -0.05) is 18.2 Å². The number of methoxy groups -OCH3 is 1. The first-order valence-corrected chi connectivity index (χ1v) is 12.6. The van der Waals surface area contributed by atoms with Gasteiger partial charge in [0.05, 0.1) is 28.8 Å². The number of nitrogens with one attached hydrogen (secondary N) is 1. The van der Waals surface area contributed by atoms with E-state index in [1.54, 1.807) is 54.6 Å². The van der Waals surface area contributed by atoms with Gasteiger partial charge in [-0.25, -0.2) is 13.8 Å². The summed E-state index contributed by atoms with van der Waals surface area (Å²) in [5.74, 6) is 0.583. The Morgan fingerprint density at radius 2 is 1.71 bits per heavy atom. The first-order valence-electron chi connectivity index (χ1n) is 11.2. The molecule has 0 aliphatic heterocycles. The predicted octanol–water partition coefficient (Wildman–Crippen LogP) is 4.21. The summed E-state index contributed by atoms with van der Waals surface area (Å²) < 4.78 is 38.5. The number of sulfonamides is 1. The Morgan fingerprint density at radius 1 is 1.03 bits per heavy atom. The van der Waals surface area contributed by atoms with Gasteiger partial charge in [0.15, 0.2) is 0 Å². The van der Waals surface area contributed by atoms with Crippen molar-refractivity contribution in [3.63, 3.8) is 0 Å². The van der Waals surface area contributed by atoms with Crippen molar-refractivity contribution < 1.29 is 27.3 Å². The minimum atomic E-state index is -4.08. The lowest BCUT2D eigenvalue weighted by atomic mass is 10.1. The third-order valence-electron chi connectivity index (χ3n) is 5.35. The predicted molar refractivity (Wildman–Crippen MR) is 141 cm³/mol. The van der Waals surface area contributed by atoms with Crippen molar-refractivity contribution in [2.45, 2.75) is 4.90 Å². The zero-order valence-corrected chi connectivity index (χ0v) is 20.9. The Balaban J connectivity index is 1.46. The topological polar surface area (TPSA) is 144 Å². The number of hydrazone groups is 1. The monoisotopic (exact) mass is 534 g/mol. The average molecular weight is 535 g/mol. The summed E-state index contributed by atoms with van der Waals surface area (Å²) in [6.07, 6.45) is 1.26. The van der Waals surface area contributed by atoms with Gasteiger partial charge in [-0.2, -0.15) is 5.10 Å². The lowest BCUT2D eigenvalue weighted by Gasteiger charge is -2.23. The highest BCUT2D eigenvalue weighted by Gasteiger charge is 2.27. The van der Waals surface area contributed by atoms with Crippen LogP contribution in [0.5, 0.6) is 5.75 Å². The molecule has 0 saturated carbocycles. The fourth-order valence-electron chi connectivity index (χ4n) is 3.44. The molecule has 3 aromatic carbocycles. The Bertz CT molecular complexity index is 1550. The van der Waals surface area contributed by atoms with Crippen molar-refractivity contribution in [3.8, 4) is 17.1 Å². The van der Waals surface area contributed by atoms with Crippen LogP contribution < -0.4 is 14.5 Å². The van der Waals surface area contributed by atoms with E-state index in [4.69, 9.17) is 9.15 Å². The van der Waals surface area contributed by atoms with E-state index in [2.05, 4.69) is 10.5 Å². The lowest BCUT2D eigenvalue weighted by molar-refractivity contribution is -0.384. The third-order valence-corrected chi connectivity index (χ3v) is 7.14. The first-order chi connectivity index (χ1) is 18.3. The minimum Gasteiger partial charge on any atom is -0.497 e. The van der Waals surface area contributed by atoms with Crippen molar-refractivity contribution in [1.82, 2.24) is 5.43 Å². The summed E-state index contributed by atoms with van der Waals surface area (Å²) in [5.41, 5.74) is 3.21. The number of non-ortho nitro benzene ring substituents is 1. The molecule has 0 radical (unpaired) electrons. The number of benzene rings is 3. The number of nitro benzene ring substituents is 1. The first kappa shape index (κ1) is 26.1. The van der Waals surface area contributed by atoms with Crippen LogP contribution in [0, 0.1) is 10.1 Å². The van der Waals surface area contributed by atoms with E-state index in [0.717, 1.165) is 4.31 Å². The van der Waals surface area contributed by atoms with Crippen LogP contribution in [0.4, 0.5) is 11.4 Å². The number of furan rings is 1. The highest BCUT2D eigenvalue weighted by molar-refractivity contribution is 7.92. The molecule has 1 aromatic heterocycles. The molecule has 0 fully saturated rings. The molecule has 12 heteroatoms. The standard InChI is InChI=1S/C26H22N4O7S/c1-36-22-11-14-24(15-12-22)38(34,35)29(20-5-3-2-4-6-20)18-26(31)28-27-17-23-13-16-25(37-23)19-7-9-21(10-8-19)30(32)33/h2-17H,18H2,1H3,(H,28,31)/b27-17-. The number of ether oxygens (including phenoxy) is 1. The van der Waals surface area contributed by atoms with Crippen molar-refractivity contribution in [1.29, 1.82) is 0 Å². The molecule has 38 heavy (non-hydrogen) atoms. The molecule has 0 spiro atoms. The largest absolute Gasteiger partial charge is 0.497 e. The van der Waals surface area contributed by atoms with Gasteiger partial charge < -0.3 is 9.15 Å². The van der Waals surface area contributed by atoms with E-state index in [0.29, 0.717) is 28.5 Å². The quantitative estimate of drug-likeness (QED) is 0.182. The molecule has 194 valence electrons. The molecule has 11 nitrogen and oxygen atoms in total. The molecule has 0 unspecified atom stereocenters. The maximum absolute atomic E-state index is 13.4. The second kappa shape index (κ2) is 11.4. The van der Waals surface area contributed by atoms with E-state index < -0.39 is 27.4 Å². The van der Waals surface area contributed by atoms with Crippen molar-refractivity contribution in [2.24, 2.45) is 5.10 Å². The van der Waals surface area contributed by atoms with E-state index in [9.17, 15) is 23.3 Å². The Hall–Kier alpha value is -4.97. The molecule has 4 rings (SSSR count). The molecule has 0 saturated heterocycles. The van der Waals surface area contributed by atoms with Crippen molar-refractivity contribution in [3.05, 3.63) is 107 Å². The van der Waals surface area contributed by atoms with Crippen LogP contribution in [0.25, 0.3) is 11.3 Å². The van der Waals surface area contributed by atoms with Crippen LogP contribution in [0.2, 0.25) is 0 Å².